The van der Waals surface area contributed by atoms with Gasteiger partial charge < -0.3 is 29.1 Å². The largest absolute Gasteiger partial charge is 0.488 e. The zero-order chi connectivity index (χ0) is 31.9. The maximum atomic E-state index is 13.1. The van der Waals surface area contributed by atoms with Crippen LogP contribution in [0.2, 0.25) is 0 Å². The van der Waals surface area contributed by atoms with Gasteiger partial charge in [0.1, 0.15) is 24.7 Å². The van der Waals surface area contributed by atoms with Crippen LogP contribution in [0.4, 0.5) is 0 Å². The Hall–Kier alpha value is -4.08. The lowest BCUT2D eigenvalue weighted by Crippen LogP contribution is -2.49. The predicted molar refractivity (Wildman–Crippen MR) is 174 cm³/mol. The van der Waals surface area contributed by atoms with Crippen molar-refractivity contribution in [2.45, 2.75) is 78.8 Å². The molecule has 3 aromatic carbocycles. The molecule has 1 aromatic heterocycles. The van der Waals surface area contributed by atoms with E-state index in [0.717, 1.165) is 16.7 Å². The van der Waals surface area contributed by atoms with E-state index in [0.29, 0.717) is 48.0 Å². The molecule has 0 saturated carbocycles. The topological polar surface area (TPSA) is 103 Å². The molecule has 2 N–H and O–H groups in total. The van der Waals surface area contributed by atoms with Gasteiger partial charge in [-0.2, -0.15) is 0 Å². The van der Waals surface area contributed by atoms with Gasteiger partial charge >= 0.3 is 7.48 Å². The Morgan fingerprint density at radius 3 is 2.02 bits per heavy atom. The van der Waals surface area contributed by atoms with Crippen molar-refractivity contribution >= 4 is 18.9 Å². The third-order valence-corrected chi connectivity index (χ3v) is 7.84. The first-order chi connectivity index (χ1) is 20.9. The zero-order valence-corrected chi connectivity index (χ0v) is 26.8. The van der Waals surface area contributed by atoms with Crippen molar-refractivity contribution in [1.82, 2.24) is 10.5 Å². The van der Waals surface area contributed by atoms with Crippen molar-refractivity contribution in [1.29, 1.82) is 0 Å². The molecule has 44 heavy (non-hydrogen) atoms. The van der Waals surface area contributed by atoms with Crippen molar-refractivity contribution in [2.75, 3.05) is 6.54 Å². The van der Waals surface area contributed by atoms with Gasteiger partial charge in [0.15, 0.2) is 11.5 Å². The van der Waals surface area contributed by atoms with Crippen LogP contribution in [-0.2, 0) is 17.9 Å². The molecule has 0 radical (unpaired) electrons. The molecule has 1 amide bonds. The van der Waals surface area contributed by atoms with Gasteiger partial charge in [-0.15, -0.1) is 0 Å². The summed E-state index contributed by atoms with van der Waals surface area (Å²) in [5, 5.41) is 17.7. The number of amides is 1. The summed E-state index contributed by atoms with van der Waals surface area (Å²) in [6.07, 6.45) is 0. The van der Waals surface area contributed by atoms with Gasteiger partial charge in [0, 0.05) is 18.1 Å². The molecule has 0 unspecified atom stereocenters. The molecule has 0 aliphatic heterocycles. The minimum Gasteiger partial charge on any atom is -0.488 e. The number of benzene rings is 3. The molecule has 4 aromatic rings. The molecule has 9 heteroatoms. The normalized spacial score (nSPS) is 11.8. The number of carbonyl (C=O) groups is 1. The highest BCUT2D eigenvalue weighted by molar-refractivity contribution is 6.51. The Labute approximate surface area is 261 Å². The molecule has 0 bridgehead atoms. The quantitative estimate of drug-likeness (QED) is 0.174. The van der Waals surface area contributed by atoms with Crippen LogP contribution in [0.25, 0.3) is 11.3 Å². The van der Waals surface area contributed by atoms with Crippen molar-refractivity contribution < 1.29 is 28.6 Å². The Kier molecular flexibility index (Phi) is 10.6. The van der Waals surface area contributed by atoms with Crippen LogP contribution in [-0.4, -0.2) is 41.4 Å². The van der Waals surface area contributed by atoms with E-state index in [1.54, 1.807) is 27.7 Å². The van der Waals surface area contributed by atoms with Gasteiger partial charge in [-0.3, -0.25) is 4.79 Å². The molecule has 0 atom stereocenters. The number of aromatic nitrogens is 1. The number of carbonyl (C=O) groups excluding carboxylic acids is 1. The highest BCUT2D eigenvalue weighted by Crippen LogP contribution is 2.40. The number of nitrogens with zero attached hydrogens (tertiary/aromatic N) is 1. The second-order valence-electron chi connectivity index (χ2n) is 12.1. The molecule has 232 valence electrons. The number of nitrogens with one attached hydrogen (secondary N) is 1. The molecular weight excluding hydrogens is 555 g/mol. The number of ether oxygens (including phenoxy) is 2. The third kappa shape index (κ3) is 7.90. The molecule has 4 rings (SSSR count). The van der Waals surface area contributed by atoms with E-state index in [1.807, 2.05) is 79.7 Å². The summed E-state index contributed by atoms with van der Waals surface area (Å²) in [6, 6.07) is 23.7. The van der Waals surface area contributed by atoms with E-state index < -0.39 is 11.2 Å². The van der Waals surface area contributed by atoms with Crippen molar-refractivity contribution in [2.24, 2.45) is 0 Å². The molecule has 0 saturated heterocycles. The lowest BCUT2D eigenvalue weighted by molar-refractivity contribution is -0.0893. The predicted octanol–water partition coefficient (Wildman–Crippen LogP) is 5.92. The molecule has 1 heterocycles. The maximum Gasteiger partial charge on any atom is 0.316 e. The van der Waals surface area contributed by atoms with Gasteiger partial charge in [0.25, 0.3) is 5.91 Å². The van der Waals surface area contributed by atoms with Crippen molar-refractivity contribution in [3.05, 3.63) is 95.2 Å². The highest BCUT2D eigenvalue weighted by Gasteiger charge is 2.37. The summed E-state index contributed by atoms with van der Waals surface area (Å²) in [7, 11) is -0.0241. The van der Waals surface area contributed by atoms with E-state index in [2.05, 4.69) is 24.3 Å². The van der Waals surface area contributed by atoms with E-state index in [4.69, 9.17) is 18.7 Å². The fourth-order valence-corrected chi connectivity index (χ4v) is 4.43. The van der Waals surface area contributed by atoms with Crippen LogP contribution in [0.15, 0.2) is 77.3 Å². The van der Waals surface area contributed by atoms with Crippen LogP contribution in [0.1, 0.15) is 81.6 Å². The van der Waals surface area contributed by atoms with Gasteiger partial charge in [-0.1, -0.05) is 79.7 Å². The summed E-state index contributed by atoms with van der Waals surface area (Å²) < 4.78 is 24.9. The van der Waals surface area contributed by atoms with Gasteiger partial charge in [-0.05, 0) is 63.3 Å². The molecular formula is C35H43BN2O6. The molecule has 0 spiro atoms. The molecule has 0 aliphatic carbocycles. The first kappa shape index (κ1) is 32.8. The van der Waals surface area contributed by atoms with Gasteiger partial charge in [0.05, 0.1) is 16.8 Å². The number of hydrogen-bond acceptors (Lipinski definition) is 7. The van der Waals surface area contributed by atoms with E-state index in [9.17, 15) is 9.90 Å². The Morgan fingerprint density at radius 2 is 1.50 bits per heavy atom. The first-order valence-corrected chi connectivity index (χ1v) is 15.1. The number of hydrogen-bond donors (Lipinski definition) is 2. The van der Waals surface area contributed by atoms with E-state index in [1.165, 1.54) is 0 Å². The second kappa shape index (κ2) is 14.1. The van der Waals surface area contributed by atoms with Crippen LogP contribution < -0.4 is 20.3 Å². The minimum atomic E-state index is -1.15. The van der Waals surface area contributed by atoms with Crippen LogP contribution in [0, 0.1) is 0 Å². The standard InChI is InChI=1S/C35H43BN2O6/c1-8-37-33(39)31-30(36-44-35(6,7)34(4,5)40)32(43-38-31)27-19-26(23(2)3)28(41-21-24-15-11-9-12-16-24)20-29(27)42-22-25-17-13-10-14-18-25/h9-20,23,36,40H,8,21-22H2,1-7H3,(H,37,39). The lowest BCUT2D eigenvalue weighted by atomic mass is 9.79. The van der Waals surface area contributed by atoms with Crippen LogP contribution >= 0.6 is 0 Å². The monoisotopic (exact) mass is 598 g/mol. The summed E-state index contributed by atoms with van der Waals surface area (Å²) in [6.45, 7) is 14.1. The van der Waals surface area contributed by atoms with Gasteiger partial charge in [0.2, 0.25) is 0 Å². The van der Waals surface area contributed by atoms with Gasteiger partial charge in [-0.25, -0.2) is 0 Å². The van der Waals surface area contributed by atoms with E-state index >= 15 is 0 Å². The summed E-state index contributed by atoms with van der Waals surface area (Å²) in [5.41, 5.74) is 2.11. The Balaban J connectivity index is 1.83. The summed E-state index contributed by atoms with van der Waals surface area (Å²) in [5.74, 6) is 1.29. The SMILES string of the molecule is CCNC(=O)c1noc(-c2cc(C(C)C)c(OCc3ccccc3)cc2OCc2ccccc2)c1BOC(C)(C)C(C)(C)O. The smallest absolute Gasteiger partial charge is 0.316 e. The van der Waals surface area contributed by atoms with Crippen LogP contribution in [0.3, 0.4) is 0 Å². The van der Waals surface area contributed by atoms with Crippen LogP contribution in [0.5, 0.6) is 11.5 Å². The minimum absolute atomic E-state index is 0.0241. The molecule has 8 nitrogen and oxygen atoms in total. The lowest BCUT2D eigenvalue weighted by Gasteiger charge is -2.37. The maximum absolute atomic E-state index is 13.1. The van der Waals surface area contributed by atoms with Crippen molar-refractivity contribution in [3.63, 3.8) is 0 Å². The fourth-order valence-electron chi connectivity index (χ4n) is 4.43. The zero-order valence-electron chi connectivity index (χ0n) is 26.8. The Morgan fingerprint density at radius 1 is 0.932 bits per heavy atom. The molecule has 0 fully saturated rings. The highest BCUT2D eigenvalue weighted by atomic mass is 16.5. The molecule has 0 aliphatic rings. The average Bonchev–Trinajstić information content (AvgIpc) is 3.42. The summed E-state index contributed by atoms with van der Waals surface area (Å²) in [4.78, 5) is 13.1. The fraction of sp³-hybridized carbons (Fsp3) is 0.371. The van der Waals surface area contributed by atoms with E-state index in [-0.39, 0.29) is 25.0 Å². The number of rotatable bonds is 14. The average molecular weight is 599 g/mol. The summed E-state index contributed by atoms with van der Waals surface area (Å²) >= 11 is 0. The first-order valence-electron chi connectivity index (χ1n) is 15.1. The third-order valence-electron chi connectivity index (χ3n) is 7.84. The second-order valence-corrected chi connectivity index (χ2v) is 12.1. The Bertz CT molecular complexity index is 1530. The van der Waals surface area contributed by atoms with Crippen molar-refractivity contribution in [3.8, 4) is 22.8 Å². The number of aliphatic hydroxyl groups is 1.